The van der Waals surface area contributed by atoms with Crippen LogP contribution in [-0.2, 0) is 21.3 Å². The molecule has 1 aliphatic rings. The fourth-order valence-electron chi connectivity index (χ4n) is 4.42. The molecular formula is C23H29N3O5S. The average Bonchev–Trinajstić information content (AvgIpc) is 3.11. The fourth-order valence-corrected chi connectivity index (χ4v) is 5.86. The van der Waals surface area contributed by atoms with Gasteiger partial charge in [0.1, 0.15) is 0 Å². The molecule has 1 atom stereocenters. The maximum atomic E-state index is 12.6. The molecule has 1 fully saturated rings. The first-order valence-electron chi connectivity index (χ1n) is 10.8. The van der Waals surface area contributed by atoms with Gasteiger partial charge >= 0.3 is 6.09 Å². The van der Waals surface area contributed by atoms with E-state index >= 15 is 0 Å². The summed E-state index contributed by atoms with van der Waals surface area (Å²) in [5.41, 5.74) is 2.04. The van der Waals surface area contributed by atoms with Gasteiger partial charge in [-0.3, -0.25) is 0 Å². The molecule has 2 heterocycles. The molecule has 3 aromatic rings. The molecule has 0 aliphatic carbocycles. The number of methoxy groups -OCH3 is 1. The third kappa shape index (κ3) is 4.90. The first kappa shape index (κ1) is 22.6. The molecule has 0 spiro atoms. The summed E-state index contributed by atoms with van der Waals surface area (Å²) in [5.74, 6) is -0.150. The summed E-state index contributed by atoms with van der Waals surface area (Å²) < 4.78 is 34.6. The van der Waals surface area contributed by atoms with Crippen LogP contribution in [0.3, 0.4) is 0 Å². The van der Waals surface area contributed by atoms with Gasteiger partial charge in [0.05, 0.1) is 19.0 Å². The highest BCUT2D eigenvalue weighted by atomic mass is 32.2. The highest BCUT2D eigenvalue weighted by Crippen LogP contribution is 2.29. The highest BCUT2D eigenvalue weighted by molar-refractivity contribution is 7.89. The summed E-state index contributed by atoms with van der Waals surface area (Å²) in [7, 11) is -2.20. The Balaban J connectivity index is 1.36. The molecule has 9 heteroatoms. The van der Waals surface area contributed by atoms with Crippen LogP contribution in [0.4, 0.5) is 4.79 Å². The number of benzene rings is 2. The minimum atomic E-state index is -3.54. The summed E-state index contributed by atoms with van der Waals surface area (Å²) in [6.07, 6.45) is 0.0274. The Bertz CT molecular complexity index is 1150. The first-order valence-corrected chi connectivity index (χ1v) is 12.5. The van der Waals surface area contributed by atoms with Gasteiger partial charge in [0, 0.05) is 47.5 Å². The highest BCUT2D eigenvalue weighted by Gasteiger charge is 2.26. The second-order valence-corrected chi connectivity index (χ2v) is 10.1. The lowest BCUT2D eigenvalue weighted by Crippen LogP contribution is -2.47. The van der Waals surface area contributed by atoms with Crippen LogP contribution >= 0.6 is 0 Å². The largest absolute Gasteiger partial charge is 0.453 e. The number of carbonyl (C=O) groups excluding carboxylic acids is 1. The van der Waals surface area contributed by atoms with Crippen molar-refractivity contribution in [1.29, 1.82) is 0 Å². The maximum Gasteiger partial charge on any atom is 0.409 e. The zero-order valence-electron chi connectivity index (χ0n) is 18.1. The lowest BCUT2D eigenvalue weighted by molar-refractivity contribution is 0.111. The Kier molecular flexibility index (Phi) is 6.68. The molecule has 0 saturated carbocycles. The Morgan fingerprint density at radius 2 is 1.66 bits per heavy atom. The monoisotopic (exact) mass is 459 g/mol. The predicted molar refractivity (Wildman–Crippen MR) is 124 cm³/mol. The van der Waals surface area contributed by atoms with E-state index in [0.29, 0.717) is 32.5 Å². The van der Waals surface area contributed by atoms with E-state index in [-0.39, 0.29) is 24.3 Å². The van der Waals surface area contributed by atoms with Crippen LogP contribution in [0.2, 0.25) is 0 Å². The van der Waals surface area contributed by atoms with E-state index in [9.17, 15) is 18.3 Å². The van der Waals surface area contributed by atoms with Crippen molar-refractivity contribution in [3.8, 4) is 0 Å². The molecule has 2 aromatic carbocycles. The number of aliphatic hydroxyl groups excluding tert-OH is 1. The zero-order valence-corrected chi connectivity index (χ0v) is 18.9. The van der Waals surface area contributed by atoms with Crippen LogP contribution in [0.25, 0.3) is 21.8 Å². The number of para-hydroxylation sites is 2. The Morgan fingerprint density at radius 3 is 2.22 bits per heavy atom. The molecule has 1 aliphatic heterocycles. The van der Waals surface area contributed by atoms with Gasteiger partial charge in [-0.1, -0.05) is 36.4 Å². The third-order valence-electron chi connectivity index (χ3n) is 6.07. The number of aromatic nitrogens is 1. The number of hydrogen-bond acceptors (Lipinski definition) is 5. The van der Waals surface area contributed by atoms with E-state index in [1.54, 1.807) is 4.90 Å². The normalized spacial score (nSPS) is 16.5. The molecule has 32 heavy (non-hydrogen) atoms. The number of likely N-dealkylation sites (tertiary alicyclic amines) is 1. The summed E-state index contributed by atoms with van der Waals surface area (Å²) in [6.45, 7) is 1.23. The van der Waals surface area contributed by atoms with E-state index in [4.69, 9.17) is 4.74 Å². The predicted octanol–water partition coefficient (Wildman–Crippen LogP) is 2.70. The summed E-state index contributed by atoms with van der Waals surface area (Å²) in [4.78, 5) is 13.1. The maximum absolute atomic E-state index is 12.6. The molecule has 8 nitrogen and oxygen atoms in total. The topological polar surface area (TPSA) is 101 Å². The number of sulfonamides is 1. The lowest BCUT2D eigenvalue weighted by atomic mass is 10.1. The summed E-state index contributed by atoms with van der Waals surface area (Å²) >= 11 is 0. The van der Waals surface area contributed by atoms with Crippen molar-refractivity contribution < 1.29 is 23.1 Å². The average molecular weight is 460 g/mol. The van der Waals surface area contributed by atoms with Crippen molar-refractivity contribution in [2.45, 2.75) is 38.0 Å². The second kappa shape index (κ2) is 9.48. The van der Waals surface area contributed by atoms with Crippen LogP contribution in [0.15, 0.2) is 48.5 Å². The van der Waals surface area contributed by atoms with Gasteiger partial charge in [-0.15, -0.1) is 0 Å². The number of ether oxygens (including phenoxy) is 1. The number of carbonyl (C=O) groups is 1. The molecule has 172 valence electrons. The van der Waals surface area contributed by atoms with Crippen LogP contribution in [0.5, 0.6) is 0 Å². The number of aliphatic hydroxyl groups is 1. The van der Waals surface area contributed by atoms with Gasteiger partial charge in [0.2, 0.25) is 10.0 Å². The molecule has 1 unspecified atom stereocenters. The molecule has 4 rings (SSSR count). The number of rotatable bonds is 7. The molecule has 0 bridgehead atoms. The van der Waals surface area contributed by atoms with Gasteiger partial charge in [-0.25, -0.2) is 17.9 Å². The lowest BCUT2D eigenvalue weighted by Gasteiger charge is -2.31. The van der Waals surface area contributed by atoms with Crippen LogP contribution in [0, 0.1) is 0 Å². The Morgan fingerprint density at radius 1 is 1.09 bits per heavy atom. The summed E-state index contributed by atoms with van der Waals surface area (Å²) in [6, 6.07) is 15.8. The summed E-state index contributed by atoms with van der Waals surface area (Å²) in [5, 5.41) is 12.9. The van der Waals surface area contributed by atoms with Crippen LogP contribution < -0.4 is 4.72 Å². The van der Waals surface area contributed by atoms with Crippen molar-refractivity contribution >= 4 is 37.9 Å². The van der Waals surface area contributed by atoms with Gasteiger partial charge in [-0.05, 0) is 31.4 Å². The van der Waals surface area contributed by atoms with Crippen molar-refractivity contribution in [1.82, 2.24) is 14.2 Å². The first-order chi connectivity index (χ1) is 15.4. The quantitative estimate of drug-likeness (QED) is 0.566. The molecule has 0 radical (unpaired) electrons. The van der Waals surface area contributed by atoms with Crippen LogP contribution in [-0.4, -0.2) is 67.2 Å². The van der Waals surface area contributed by atoms with E-state index in [0.717, 1.165) is 21.8 Å². The van der Waals surface area contributed by atoms with E-state index in [1.807, 2.05) is 36.4 Å². The zero-order chi connectivity index (χ0) is 22.7. The third-order valence-corrected chi connectivity index (χ3v) is 7.53. The molecule has 2 N–H and O–H groups in total. The number of nitrogens with zero attached hydrogens (tertiary/aromatic N) is 2. The SMILES string of the molecule is COC(=O)N1CCC(NS(=O)(=O)CCC(O)Cn2c3ccccc3c3ccccc32)CC1. The van der Waals surface area contributed by atoms with Crippen molar-refractivity contribution in [2.75, 3.05) is 26.0 Å². The van der Waals surface area contributed by atoms with Gasteiger partial charge < -0.3 is 19.3 Å². The second-order valence-electron chi connectivity index (χ2n) is 8.26. The number of piperidine rings is 1. The van der Waals surface area contributed by atoms with Gasteiger partial charge in [0.25, 0.3) is 0 Å². The molecular weight excluding hydrogens is 430 g/mol. The van der Waals surface area contributed by atoms with Gasteiger partial charge in [0.15, 0.2) is 0 Å². The van der Waals surface area contributed by atoms with Crippen LogP contribution in [0.1, 0.15) is 19.3 Å². The van der Waals surface area contributed by atoms with E-state index < -0.39 is 16.1 Å². The Hall–Kier alpha value is -2.62. The number of hydrogen-bond donors (Lipinski definition) is 2. The van der Waals surface area contributed by atoms with Crippen molar-refractivity contribution in [3.05, 3.63) is 48.5 Å². The molecule has 1 saturated heterocycles. The Labute approximate surface area is 187 Å². The molecule has 1 aromatic heterocycles. The van der Waals surface area contributed by atoms with E-state index in [2.05, 4.69) is 21.4 Å². The van der Waals surface area contributed by atoms with Crippen molar-refractivity contribution in [3.63, 3.8) is 0 Å². The van der Waals surface area contributed by atoms with Gasteiger partial charge in [-0.2, -0.15) is 0 Å². The number of nitrogens with one attached hydrogen (secondary N) is 1. The number of amides is 1. The fraction of sp³-hybridized carbons (Fsp3) is 0.435. The minimum Gasteiger partial charge on any atom is -0.453 e. The standard InChI is InChI=1S/C23H29N3O5S/c1-31-23(28)25-13-10-17(11-14-25)24-32(29,30)15-12-18(27)16-26-21-8-4-2-6-19(21)20-7-3-5-9-22(20)26/h2-9,17-18,24,27H,10-16H2,1H3. The molecule has 1 amide bonds. The van der Waals surface area contributed by atoms with E-state index in [1.165, 1.54) is 7.11 Å². The van der Waals surface area contributed by atoms with Crippen molar-refractivity contribution in [2.24, 2.45) is 0 Å². The number of fused-ring (bicyclic) bond motifs is 3. The smallest absolute Gasteiger partial charge is 0.409 e. The minimum absolute atomic E-state index is 0.136.